The predicted octanol–water partition coefficient (Wildman–Crippen LogP) is 3.46. The number of hydrogen-bond acceptors (Lipinski definition) is 5. The van der Waals surface area contributed by atoms with Gasteiger partial charge in [0.1, 0.15) is 11.4 Å². The normalized spacial score (nSPS) is 13.1. The van der Waals surface area contributed by atoms with E-state index in [4.69, 9.17) is 9.47 Å². The maximum atomic E-state index is 12.6. The van der Waals surface area contributed by atoms with Crippen molar-refractivity contribution in [2.45, 2.75) is 65.0 Å². The lowest BCUT2D eigenvalue weighted by Gasteiger charge is -2.28. The third kappa shape index (κ3) is 6.18. The van der Waals surface area contributed by atoms with Gasteiger partial charge >= 0.3 is 6.09 Å². The first kappa shape index (κ1) is 19.9. The Morgan fingerprint density at radius 3 is 2.42 bits per heavy atom. The second-order valence-electron chi connectivity index (χ2n) is 7.40. The highest BCUT2D eigenvalue weighted by molar-refractivity contribution is 5.91. The summed E-state index contributed by atoms with van der Waals surface area (Å²) in [6, 6.07) is 3.57. The van der Waals surface area contributed by atoms with Crippen LogP contribution in [0.4, 0.5) is 4.79 Å². The van der Waals surface area contributed by atoms with E-state index in [0.29, 0.717) is 5.75 Å². The number of nitrogens with one attached hydrogen (secondary N) is 1. The molecule has 6 nitrogen and oxygen atoms in total. The van der Waals surface area contributed by atoms with Gasteiger partial charge in [-0.1, -0.05) is 6.92 Å². The summed E-state index contributed by atoms with van der Waals surface area (Å²) >= 11 is 0. The van der Waals surface area contributed by atoms with E-state index in [1.165, 1.54) is 0 Å². The third-order valence-corrected chi connectivity index (χ3v) is 3.50. The molecule has 1 rings (SSSR count). The molecule has 0 radical (unpaired) electrons. The van der Waals surface area contributed by atoms with Crippen molar-refractivity contribution in [2.75, 3.05) is 7.11 Å². The van der Waals surface area contributed by atoms with Gasteiger partial charge in [0.05, 0.1) is 12.6 Å². The molecule has 0 aliphatic carbocycles. The molecule has 1 N–H and O–H groups in total. The van der Waals surface area contributed by atoms with Gasteiger partial charge in [-0.2, -0.15) is 0 Å². The van der Waals surface area contributed by atoms with Gasteiger partial charge in [0.25, 0.3) is 0 Å². The molecule has 0 saturated heterocycles. The lowest BCUT2D eigenvalue weighted by atomic mass is 9.90. The number of amides is 1. The largest absolute Gasteiger partial charge is 0.497 e. The van der Waals surface area contributed by atoms with Crippen molar-refractivity contribution >= 4 is 11.9 Å². The summed E-state index contributed by atoms with van der Waals surface area (Å²) in [6.45, 7) is 10.6. The van der Waals surface area contributed by atoms with Gasteiger partial charge in [-0.05, 0) is 40.7 Å². The Balaban J connectivity index is 2.72. The van der Waals surface area contributed by atoms with Crippen LogP contribution >= 0.6 is 0 Å². The first-order valence-electron chi connectivity index (χ1n) is 7.99. The Hall–Kier alpha value is -2.11. The predicted molar refractivity (Wildman–Crippen MR) is 92.3 cm³/mol. The van der Waals surface area contributed by atoms with Crippen LogP contribution in [0.1, 0.15) is 59.6 Å². The van der Waals surface area contributed by atoms with Crippen LogP contribution in [0.2, 0.25) is 0 Å². The second kappa shape index (κ2) is 7.64. The number of nitrogens with zero attached hydrogens (tertiary/aromatic N) is 1. The summed E-state index contributed by atoms with van der Waals surface area (Å²) in [7, 11) is 1.59. The Bertz CT molecular complexity index is 591. The van der Waals surface area contributed by atoms with Gasteiger partial charge < -0.3 is 14.8 Å². The molecule has 1 aromatic heterocycles. The lowest BCUT2D eigenvalue weighted by Crippen LogP contribution is -2.51. The SMILES string of the molecule is COc1ccnc(C(C)CC(=O)C(C)(C)NC(=O)OC(C)(C)C)c1. The number of Topliss-reactive ketones (excluding diaryl/α,β-unsaturated/α-hetero) is 1. The Morgan fingerprint density at radius 2 is 1.88 bits per heavy atom. The van der Waals surface area contributed by atoms with Crippen molar-refractivity contribution in [1.29, 1.82) is 0 Å². The molecule has 0 saturated carbocycles. The van der Waals surface area contributed by atoms with E-state index in [-0.39, 0.29) is 18.1 Å². The van der Waals surface area contributed by atoms with E-state index in [1.807, 2.05) is 13.0 Å². The summed E-state index contributed by atoms with van der Waals surface area (Å²) in [6.07, 6.45) is 1.30. The monoisotopic (exact) mass is 336 g/mol. The minimum absolute atomic E-state index is 0.0905. The first-order valence-corrected chi connectivity index (χ1v) is 7.99. The number of hydrogen-bond donors (Lipinski definition) is 1. The van der Waals surface area contributed by atoms with Crippen LogP contribution in [0.25, 0.3) is 0 Å². The molecular weight excluding hydrogens is 308 g/mol. The minimum atomic E-state index is -1.02. The fourth-order valence-corrected chi connectivity index (χ4v) is 2.09. The summed E-state index contributed by atoms with van der Waals surface area (Å²) in [5, 5.41) is 2.64. The number of ketones is 1. The lowest BCUT2D eigenvalue weighted by molar-refractivity contribution is -0.124. The summed E-state index contributed by atoms with van der Waals surface area (Å²) < 4.78 is 10.4. The molecular formula is C18H28N2O4. The number of carbonyl (C=O) groups is 2. The summed E-state index contributed by atoms with van der Waals surface area (Å²) in [4.78, 5) is 28.8. The fraction of sp³-hybridized carbons (Fsp3) is 0.611. The van der Waals surface area contributed by atoms with Crippen LogP contribution in [-0.2, 0) is 9.53 Å². The number of alkyl carbamates (subject to hydrolysis) is 1. The molecule has 0 bridgehead atoms. The molecule has 1 unspecified atom stereocenters. The molecule has 0 aliphatic heterocycles. The smallest absolute Gasteiger partial charge is 0.408 e. The average Bonchev–Trinajstić information content (AvgIpc) is 2.44. The molecule has 1 atom stereocenters. The number of methoxy groups -OCH3 is 1. The van der Waals surface area contributed by atoms with E-state index in [0.717, 1.165) is 5.69 Å². The van der Waals surface area contributed by atoms with Crippen molar-refractivity contribution in [1.82, 2.24) is 10.3 Å². The van der Waals surface area contributed by atoms with Gasteiger partial charge in [-0.3, -0.25) is 9.78 Å². The first-order chi connectivity index (χ1) is 10.9. The molecule has 0 aromatic carbocycles. The van der Waals surface area contributed by atoms with Gasteiger partial charge in [0.15, 0.2) is 5.78 Å². The van der Waals surface area contributed by atoms with E-state index in [2.05, 4.69) is 10.3 Å². The van der Waals surface area contributed by atoms with Crippen molar-refractivity contribution < 1.29 is 19.1 Å². The minimum Gasteiger partial charge on any atom is -0.497 e. The summed E-state index contributed by atoms with van der Waals surface area (Å²) in [5.74, 6) is 0.517. The molecule has 24 heavy (non-hydrogen) atoms. The van der Waals surface area contributed by atoms with Gasteiger partial charge in [-0.15, -0.1) is 0 Å². The maximum Gasteiger partial charge on any atom is 0.408 e. The molecule has 0 aliphatic rings. The van der Waals surface area contributed by atoms with E-state index in [9.17, 15) is 9.59 Å². The molecule has 1 aromatic rings. The van der Waals surface area contributed by atoms with E-state index in [1.54, 1.807) is 54.0 Å². The van der Waals surface area contributed by atoms with E-state index >= 15 is 0 Å². The zero-order valence-electron chi connectivity index (χ0n) is 15.6. The zero-order chi connectivity index (χ0) is 18.5. The highest BCUT2D eigenvalue weighted by Crippen LogP contribution is 2.23. The average molecular weight is 336 g/mol. The second-order valence-corrected chi connectivity index (χ2v) is 7.40. The van der Waals surface area contributed by atoms with Gasteiger partial charge in [-0.25, -0.2) is 4.79 Å². The Labute approximate surface area is 143 Å². The van der Waals surface area contributed by atoms with Crippen LogP contribution < -0.4 is 10.1 Å². The Kier molecular flexibility index (Phi) is 6.35. The molecule has 1 amide bonds. The summed E-state index contributed by atoms with van der Waals surface area (Å²) in [5.41, 5.74) is -0.855. The van der Waals surface area contributed by atoms with Crippen molar-refractivity contribution in [3.05, 3.63) is 24.0 Å². The fourth-order valence-electron chi connectivity index (χ4n) is 2.09. The van der Waals surface area contributed by atoms with Crippen LogP contribution in [0.15, 0.2) is 18.3 Å². The number of pyridine rings is 1. The zero-order valence-corrected chi connectivity index (χ0v) is 15.6. The molecule has 0 spiro atoms. The number of carbonyl (C=O) groups excluding carboxylic acids is 2. The molecule has 0 fully saturated rings. The van der Waals surface area contributed by atoms with Crippen LogP contribution in [0, 0.1) is 0 Å². The quantitative estimate of drug-likeness (QED) is 0.861. The highest BCUT2D eigenvalue weighted by atomic mass is 16.6. The van der Waals surface area contributed by atoms with Gasteiger partial charge in [0.2, 0.25) is 0 Å². The van der Waals surface area contributed by atoms with Crippen molar-refractivity contribution in [3.63, 3.8) is 0 Å². The molecule has 134 valence electrons. The Morgan fingerprint density at radius 1 is 1.25 bits per heavy atom. The highest BCUT2D eigenvalue weighted by Gasteiger charge is 2.32. The number of aromatic nitrogens is 1. The topological polar surface area (TPSA) is 77.5 Å². The van der Waals surface area contributed by atoms with Crippen LogP contribution in [0.3, 0.4) is 0 Å². The van der Waals surface area contributed by atoms with Crippen molar-refractivity contribution in [2.24, 2.45) is 0 Å². The third-order valence-electron chi connectivity index (χ3n) is 3.50. The standard InChI is InChI=1S/C18H28N2O4/c1-12(14-11-13(23-7)8-9-19-14)10-15(21)18(5,6)20-16(22)24-17(2,3)4/h8-9,11-12H,10H2,1-7H3,(H,20,22). The number of ether oxygens (including phenoxy) is 2. The van der Waals surface area contributed by atoms with Crippen LogP contribution in [0.5, 0.6) is 5.75 Å². The van der Waals surface area contributed by atoms with Crippen LogP contribution in [-0.4, -0.2) is 35.1 Å². The van der Waals surface area contributed by atoms with Crippen molar-refractivity contribution in [3.8, 4) is 5.75 Å². The molecule has 6 heteroatoms. The number of rotatable bonds is 6. The van der Waals surface area contributed by atoms with E-state index < -0.39 is 17.2 Å². The molecule has 1 heterocycles. The maximum absolute atomic E-state index is 12.6. The van der Waals surface area contributed by atoms with Gasteiger partial charge in [0, 0.05) is 30.3 Å².